The number of carbonyl (C=O) groups is 1. The van der Waals surface area contributed by atoms with Gasteiger partial charge in [-0.2, -0.15) is 0 Å². The number of benzene rings is 2. The van der Waals surface area contributed by atoms with Crippen LogP contribution in [0, 0.1) is 10.1 Å². The summed E-state index contributed by atoms with van der Waals surface area (Å²) in [5, 5.41) is 11.3. The molecule has 2 aromatic carbocycles. The summed E-state index contributed by atoms with van der Waals surface area (Å²) in [7, 11) is 1.36. The number of hydrogen-bond donors (Lipinski definition) is 0. The van der Waals surface area contributed by atoms with Gasteiger partial charge >= 0.3 is 5.97 Å². The molecule has 2 rings (SSSR count). The van der Waals surface area contributed by atoms with Gasteiger partial charge in [-0.25, -0.2) is 4.79 Å². The molecular formula is C14H9Cl2NO5. The van der Waals surface area contributed by atoms with Gasteiger partial charge in [-0.1, -0.05) is 23.2 Å². The first-order valence-corrected chi connectivity index (χ1v) is 6.67. The lowest BCUT2D eigenvalue weighted by Crippen LogP contribution is -2.09. The van der Waals surface area contributed by atoms with Crippen molar-refractivity contribution in [1.82, 2.24) is 0 Å². The summed E-state index contributed by atoms with van der Waals surface area (Å²) in [6, 6.07) is 7.92. The molecule has 0 heterocycles. The predicted molar refractivity (Wildman–Crippen MR) is 81.1 cm³/mol. The number of hydrogen-bond acceptors (Lipinski definition) is 5. The average molecular weight is 342 g/mol. The first kappa shape index (κ1) is 16.1. The van der Waals surface area contributed by atoms with E-state index in [1.54, 1.807) is 0 Å². The van der Waals surface area contributed by atoms with Crippen LogP contribution in [0.3, 0.4) is 0 Å². The largest absolute Gasteiger partial charge is 0.493 e. The van der Waals surface area contributed by atoms with Crippen LogP contribution in [-0.2, 0) is 0 Å². The molecule has 114 valence electrons. The van der Waals surface area contributed by atoms with E-state index >= 15 is 0 Å². The smallest absolute Gasteiger partial charge is 0.343 e. The van der Waals surface area contributed by atoms with Gasteiger partial charge in [-0.3, -0.25) is 10.1 Å². The molecule has 0 amide bonds. The van der Waals surface area contributed by atoms with Gasteiger partial charge in [0.2, 0.25) is 0 Å². The van der Waals surface area contributed by atoms with Crippen LogP contribution in [-0.4, -0.2) is 18.0 Å². The number of non-ortho nitro benzene ring substituents is 1. The Morgan fingerprint density at radius 2 is 1.82 bits per heavy atom. The molecule has 0 aliphatic heterocycles. The maximum absolute atomic E-state index is 12.1. The van der Waals surface area contributed by atoms with E-state index in [0.717, 1.165) is 6.07 Å². The van der Waals surface area contributed by atoms with Crippen LogP contribution < -0.4 is 9.47 Å². The minimum absolute atomic E-state index is 0.0622. The summed E-state index contributed by atoms with van der Waals surface area (Å²) in [6.07, 6.45) is 0. The van der Waals surface area contributed by atoms with Gasteiger partial charge < -0.3 is 9.47 Å². The molecule has 8 heteroatoms. The van der Waals surface area contributed by atoms with E-state index in [4.69, 9.17) is 32.7 Å². The Kier molecular flexibility index (Phi) is 4.85. The fourth-order valence-corrected chi connectivity index (χ4v) is 1.94. The Morgan fingerprint density at radius 1 is 1.09 bits per heavy atom. The van der Waals surface area contributed by atoms with Crippen molar-refractivity contribution in [3.63, 3.8) is 0 Å². The molecule has 0 aliphatic carbocycles. The van der Waals surface area contributed by atoms with Crippen molar-refractivity contribution in [3.8, 4) is 11.5 Å². The molecule has 6 nitrogen and oxygen atoms in total. The SMILES string of the molecule is COc1ccc([N+](=O)[O-])cc1OC(=O)c1ccc(Cl)c(Cl)c1. The monoisotopic (exact) mass is 341 g/mol. The van der Waals surface area contributed by atoms with E-state index in [-0.39, 0.29) is 27.8 Å². The van der Waals surface area contributed by atoms with Crippen molar-refractivity contribution in [2.75, 3.05) is 7.11 Å². The second-order valence-corrected chi connectivity index (χ2v) is 4.93. The summed E-state index contributed by atoms with van der Waals surface area (Å²) < 4.78 is 10.2. The third-order valence-corrected chi connectivity index (χ3v) is 3.46. The highest BCUT2D eigenvalue weighted by atomic mass is 35.5. The van der Waals surface area contributed by atoms with Gasteiger partial charge in [0.05, 0.1) is 33.7 Å². The molecule has 0 spiro atoms. The minimum atomic E-state index is -0.739. The fourth-order valence-electron chi connectivity index (χ4n) is 1.64. The third-order valence-electron chi connectivity index (χ3n) is 2.72. The van der Waals surface area contributed by atoms with Gasteiger partial charge in [0.25, 0.3) is 5.69 Å². The highest BCUT2D eigenvalue weighted by molar-refractivity contribution is 6.42. The lowest BCUT2D eigenvalue weighted by atomic mass is 10.2. The number of rotatable bonds is 4. The summed E-state index contributed by atoms with van der Waals surface area (Å²) in [5.74, 6) is -0.607. The van der Waals surface area contributed by atoms with Gasteiger partial charge in [0.15, 0.2) is 11.5 Å². The minimum Gasteiger partial charge on any atom is -0.493 e. The number of esters is 1. The molecule has 0 radical (unpaired) electrons. The molecule has 0 saturated carbocycles. The lowest BCUT2D eigenvalue weighted by Gasteiger charge is -2.09. The second-order valence-electron chi connectivity index (χ2n) is 4.11. The number of nitro benzene ring substituents is 1. The molecule has 0 N–H and O–H groups in total. The van der Waals surface area contributed by atoms with E-state index in [1.165, 1.54) is 37.4 Å². The van der Waals surface area contributed by atoms with Crippen molar-refractivity contribution in [2.45, 2.75) is 0 Å². The lowest BCUT2D eigenvalue weighted by molar-refractivity contribution is -0.384. The molecule has 0 unspecified atom stereocenters. The number of nitrogens with zero attached hydrogens (tertiary/aromatic N) is 1. The Balaban J connectivity index is 2.32. The Morgan fingerprint density at radius 3 is 2.41 bits per heavy atom. The quantitative estimate of drug-likeness (QED) is 0.361. The molecule has 0 bridgehead atoms. The van der Waals surface area contributed by atoms with Gasteiger partial charge in [0, 0.05) is 6.07 Å². The second kappa shape index (κ2) is 6.64. The topological polar surface area (TPSA) is 78.7 Å². The third kappa shape index (κ3) is 3.47. The average Bonchev–Trinajstić information content (AvgIpc) is 2.49. The standard InChI is InChI=1S/C14H9Cl2NO5/c1-21-12-5-3-9(17(19)20)7-13(12)22-14(18)8-2-4-10(15)11(16)6-8/h2-7H,1H3. The van der Waals surface area contributed by atoms with Crippen LogP contribution in [0.1, 0.15) is 10.4 Å². The van der Waals surface area contributed by atoms with Crippen LogP contribution in [0.4, 0.5) is 5.69 Å². The van der Waals surface area contributed by atoms with Crippen LogP contribution >= 0.6 is 23.2 Å². The summed E-state index contributed by atoms with van der Waals surface area (Å²) in [4.78, 5) is 22.3. The number of carbonyl (C=O) groups excluding carboxylic acids is 1. The van der Waals surface area contributed by atoms with Crippen LogP contribution in [0.5, 0.6) is 11.5 Å². The first-order valence-electron chi connectivity index (χ1n) is 5.92. The summed E-state index contributed by atoms with van der Waals surface area (Å²) >= 11 is 11.6. The molecular weight excluding hydrogens is 333 g/mol. The first-order chi connectivity index (χ1) is 10.4. The van der Waals surface area contributed by atoms with E-state index in [1.807, 2.05) is 0 Å². The molecule has 0 aromatic heterocycles. The Bertz CT molecular complexity index is 748. The molecule has 0 aliphatic rings. The van der Waals surface area contributed by atoms with Gasteiger partial charge in [-0.05, 0) is 24.3 Å². The van der Waals surface area contributed by atoms with Gasteiger partial charge in [-0.15, -0.1) is 0 Å². The van der Waals surface area contributed by atoms with E-state index in [0.29, 0.717) is 5.02 Å². The van der Waals surface area contributed by atoms with Gasteiger partial charge in [0.1, 0.15) is 0 Å². The number of methoxy groups -OCH3 is 1. The molecule has 0 atom stereocenters. The van der Waals surface area contributed by atoms with Crippen molar-refractivity contribution in [1.29, 1.82) is 0 Å². The normalized spacial score (nSPS) is 10.1. The molecule has 2 aromatic rings. The van der Waals surface area contributed by atoms with E-state index in [2.05, 4.69) is 0 Å². The molecule has 0 fully saturated rings. The predicted octanol–water partition coefficient (Wildman–Crippen LogP) is 4.13. The van der Waals surface area contributed by atoms with Crippen molar-refractivity contribution in [3.05, 3.63) is 62.1 Å². The van der Waals surface area contributed by atoms with Crippen LogP contribution in [0.15, 0.2) is 36.4 Å². The summed E-state index contributed by atoms with van der Waals surface area (Å²) in [6.45, 7) is 0. The zero-order valence-electron chi connectivity index (χ0n) is 11.2. The Labute approximate surface area is 135 Å². The van der Waals surface area contributed by atoms with E-state index < -0.39 is 10.9 Å². The molecule has 22 heavy (non-hydrogen) atoms. The van der Waals surface area contributed by atoms with Crippen LogP contribution in [0.2, 0.25) is 10.0 Å². The zero-order valence-corrected chi connectivity index (χ0v) is 12.7. The number of nitro groups is 1. The zero-order chi connectivity index (χ0) is 16.3. The number of ether oxygens (including phenoxy) is 2. The van der Waals surface area contributed by atoms with Crippen LogP contribution in [0.25, 0.3) is 0 Å². The highest BCUT2D eigenvalue weighted by Gasteiger charge is 2.17. The number of halogens is 2. The van der Waals surface area contributed by atoms with E-state index in [9.17, 15) is 14.9 Å². The van der Waals surface area contributed by atoms with Crippen molar-refractivity contribution < 1.29 is 19.2 Å². The maximum Gasteiger partial charge on any atom is 0.343 e. The fraction of sp³-hybridized carbons (Fsp3) is 0.0714. The summed E-state index contributed by atoms with van der Waals surface area (Å²) in [5.41, 5.74) is -0.0688. The van der Waals surface area contributed by atoms with Crippen molar-refractivity contribution in [2.24, 2.45) is 0 Å². The highest BCUT2D eigenvalue weighted by Crippen LogP contribution is 2.32. The maximum atomic E-state index is 12.1. The van der Waals surface area contributed by atoms with Crippen molar-refractivity contribution >= 4 is 34.9 Å². The Hall–Kier alpha value is -2.31. The molecule has 0 saturated heterocycles.